The number of aromatic nitrogens is 2. The largest absolute Gasteiger partial charge is 0.370 e. The molecular weight excluding hydrogens is 665 g/mol. The van der Waals surface area contributed by atoms with Gasteiger partial charge in [0.1, 0.15) is 11.5 Å². The van der Waals surface area contributed by atoms with Crippen molar-refractivity contribution in [1.29, 1.82) is 0 Å². The number of carbonyl (C=O) groups excluding carboxylic acids is 2. The van der Waals surface area contributed by atoms with Gasteiger partial charge in [0.05, 0.1) is 22.9 Å². The first-order valence-corrected chi connectivity index (χ1v) is 21.0. The first kappa shape index (κ1) is 36.4. The molecule has 12 heteroatoms. The van der Waals surface area contributed by atoms with Crippen molar-refractivity contribution in [2.45, 2.75) is 78.7 Å². The van der Waals surface area contributed by atoms with Crippen LogP contribution in [0.15, 0.2) is 47.1 Å². The van der Waals surface area contributed by atoms with Gasteiger partial charge in [-0.2, -0.15) is 8.42 Å². The van der Waals surface area contributed by atoms with Crippen LogP contribution in [0.3, 0.4) is 0 Å². The van der Waals surface area contributed by atoms with Crippen LogP contribution in [0.5, 0.6) is 0 Å². The molecule has 51 heavy (non-hydrogen) atoms. The molecule has 4 heterocycles. The van der Waals surface area contributed by atoms with Gasteiger partial charge in [-0.05, 0) is 107 Å². The number of allylic oxidation sites excluding steroid dienone is 3. The quantitative estimate of drug-likeness (QED) is 0.335. The van der Waals surface area contributed by atoms with Crippen molar-refractivity contribution in [3.8, 4) is 0 Å². The minimum Gasteiger partial charge on any atom is -0.370 e. The highest BCUT2D eigenvalue weighted by molar-refractivity contribution is 7.85. The number of piperazine rings is 1. The lowest BCUT2D eigenvalue weighted by atomic mass is 9.49. The molecule has 7 atom stereocenters. The van der Waals surface area contributed by atoms with Crippen LogP contribution >= 0.6 is 0 Å². The van der Waals surface area contributed by atoms with E-state index in [4.69, 9.17) is 14.5 Å². The molecule has 7 aliphatic rings. The Bertz CT molecular complexity index is 1730. The summed E-state index contributed by atoms with van der Waals surface area (Å²) in [4.78, 5) is 45.9. The summed E-state index contributed by atoms with van der Waals surface area (Å²) in [5.41, 5.74) is 5.18. The summed E-state index contributed by atoms with van der Waals surface area (Å²) in [5, 5.41) is 3.58. The van der Waals surface area contributed by atoms with Crippen molar-refractivity contribution in [2.75, 3.05) is 58.6 Å². The van der Waals surface area contributed by atoms with Gasteiger partial charge in [-0.15, -0.1) is 0 Å². The maximum absolute atomic E-state index is 15.3. The molecule has 11 nitrogen and oxygen atoms in total. The second kappa shape index (κ2) is 13.8. The van der Waals surface area contributed by atoms with Gasteiger partial charge in [0, 0.05) is 63.6 Å². The van der Waals surface area contributed by atoms with Gasteiger partial charge in [0.25, 0.3) is 10.1 Å². The number of hydrogen-bond acceptors (Lipinski definition) is 10. The molecule has 1 unspecified atom stereocenters. The molecule has 3 saturated heterocycles. The molecule has 0 amide bonds. The summed E-state index contributed by atoms with van der Waals surface area (Å²) in [6, 6.07) is 2.00. The zero-order valence-corrected chi connectivity index (χ0v) is 31.8. The maximum Gasteiger partial charge on any atom is 0.261 e. The van der Waals surface area contributed by atoms with E-state index in [0.717, 1.165) is 95.7 Å². The third kappa shape index (κ3) is 6.31. The molecule has 2 N–H and O–H groups in total. The summed E-state index contributed by atoms with van der Waals surface area (Å²) in [6.07, 6.45) is 14.5. The van der Waals surface area contributed by atoms with E-state index in [1.165, 1.54) is 29.7 Å². The van der Waals surface area contributed by atoms with Gasteiger partial charge in [0.2, 0.25) is 5.78 Å². The Morgan fingerprint density at radius 3 is 2.18 bits per heavy atom. The van der Waals surface area contributed by atoms with Gasteiger partial charge >= 0.3 is 0 Å². The number of carbonyl (C=O) groups is 2. The number of nitrogens with zero attached hydrogens (tertiary/aromatic N) is 5. The first-order valence-electron chi connectivity index (χ1n) is 19.1. The van der Waals surface area contributed by atoms with Crippen molar-refractivity contribution in [2.24, 2.45) is 34.5 Å². The monoisotopic (exact) mass is 720 g/mol. The molecule has 278 valence electrons. The molecule has 0 aromatic carbocycles. The number of fused-ring (bicyclic) bond motifs is 5. The van der Waals surface area contributed by atoms with Crippen molar-refractivity contribution >= 4 is 27.3 Å². The van der Waals surface area contributed by atoms with E-state index in [1.54, 1.807) is 12.4 Å². The molecule has 4 aliphatic carbocycles. The van der Waals surface area contributed by atoms with Gasteiger partial charge in [-0.3, -0.25) is 19.0 Å². The molecule has 2 saturated carbocycles. The van der Waals surface area contributed by atoms with E-state index < -0.39 is 15.5 Å². The zero-order valence-electron chi connectivity index (χ0n) is 31.0. The Morgan fingerprint density at radius 1 is 0.961 bits per heavy atom. The van der Waals surface area contributed by atoms with Crippen LogP contribution in [0.25, 0.3) is 5.57 Å². The highest BCUT2D eigenvalue weighted by Crippen LogP contribution is 2.68. The van der Waals surface area contributed by atoms with E-state index in [9.17, 15) is 13.2 Å². The summed E-state index contributed by atoms with van der Waals surface area (Å²) >= 11 is 0. The molecular formula is C39H56N6O5S. The van der Waals surface area contributed by atoms with Crippen LogP contribution in [0.4, 0.5) is 0 Å². The standard InChI is InChI=1S/C38H52N6O2.CH4O3S/c1-24-22-28-26-23-29(42-16-5-6-17-42)32-30(36-40-12-9-13-41-36)34(46)33(43-18-7-8-19-43)35(44-20-14-39-15-21-44)38(32,4)27(26)10-11-37(28,3)31(24)25(2)45;1-5(2,3)4/h9-10,12-13,24,26,28-29,31,39H,5-8,11,14-23H2,1-4H3;1H3,(H,2,3,4)/t24-,26-,28+,29?,31-,37+,38-;/m1./s1. The Balaban J connectivity index is 0.000000761. The minimum absolute atomic E-state index is 0.0287. The van der Waals surface area contributed by atoms with Gasteiger partial charge in [-0.25, -0.2) is 9.97 Å². The minimum atomic E-state index is -3.67. The normalized spacial score (nSPS) is 35.6. The lowest BCUT2D eigenvalue weighted by molar-refractivity contribution is -0.126. The van der Waals surface area contributed by atoms with E-state index >= 15 is 4.79 Å². The molecule has 5 fully saturated rings. The number of rotatable bonds is 5. The predicted molar refractivity (Wildman–Crippen MR) is 197 cm³/mol. The molecule has 1 aromatic heterocycles. The van der Waals surface area contributed by atoms with Crippen LogP contribution in [0, 0.1) is 34.5 Å². The topological polar surface area (TPSA) is 136 Å². The number of hydrogen-bond donors (Lipinski definition) is 2. The molecule has 1 aromatic rings. The second-order valence-electron chi connectivity index (χ2n) is 16.6. The third-order valence-electron chi connectivity index (χ3n) is 13.4. The van der Waals surface area contributed by atoms with Crippen molar-refractivity contribution in [3.63, 3.8) is 0 Å². The molecule has 0 bridgehead atoms. The highest BCUT2D eigenvalue weighted by Gasteiger charge is 2.64. The van der Waals surface area contributed by atoms with Crippen LogP contribution < -0.4 is 5.32 Å². The Morgan fingerprint density at radius 2 is 1.57 bits per heavy atom. The summed E-state index contributed by atoms with van der Waals surface area (Å²) in [5.74, 6) is 2.39. The number of nitrogens with one attached hydrogen (secondary N) is 1. The number of Topliss-reactive ketones (excluding diaryl/α,β-unsaturated/α-hetero) is 2. The second-order valence-corrected chi connectivity index (χ2v) is 18.0. The number of ketones is 2. The summed E-state index contributed by atoms with van der Waals surface area (Å²) in [7, 11) is -3.67. The van der Waals surface area contributed by atoms with Crippen LogP contribution in [-0.4, -0.2) is 114 Å². The lowest BCUT2D eigenvalue weighted by Crippen LogP contribution is -2.58. The lowest BCUT2D eigenvalue weighted by Gasteiger charge is -2.59. The molecule has 3 aliphatic heterocycles. The Kier molecular flexibility index (Phi) is 9.86. The van der Waals surface area contributed by atoms with Crippen LogP contribution in [0.2, 0.25) is 0 Å². The third-order valence-corrected chi connectivity index (χ3v) is 13.4. The van der Waals surface area contributed by atoms with E-state index in [2.05, 4.69) is 46.9 Å². The Hall–Kier alpha value is -2.93. The fraction of sp³-hybridized carbons (Fsp3) is 0.692. The van der Waals surface area contributed by atoms with E-state index in [-0.39, 0.29) is 23.2 Å². The Labute approximate surface area is 303 Å². The molecule has 0 spiro atoms. The average Bonchev–Trinajstić information content (AvgIpc) is 3.85. The van der Waals surface area contributed by atoms with Crippen LogP contribution in [0.1, 0.15) is 78.5 Å². The van der Waals surface area contributed by atoms with Crippen molar-refractivity contribution < 1.29 is 22.6 Å². The SMILES string of the molecule is CC(=O)[C@H]1[C@H](C)C[C@H]2[C@@H]3CC(N4CCCC4)C4=C(c5ncccn5)C(=O)C(N5CCCC5)=C(N5CCNCC5)[C@]4(C)C3=CC[C@@]21C.CS(=O)(=O)O. The first-order chi connectivity index (χ1) is 24.2. The highest BCUT2D eigenvalue weighted by atomic mass is 32.2. The van der Waals surface area contributed by atoms with Gasteiger partial charge < -0.3 is 15.1 Å². The smallest absolute Gasteiger partial charge is 0.261 e. The van der Waals surface area contributed by atoms with Gasteiger partial charge in [-0.1, -0.05) is 25.5 Å². The fourth-order valence-corrected chi connectivity index (χ4v) is 11.8. The molecule has 0 radical (unpaired) electrons. The zero-order chi connectivity index (χ0) is 36.3. The van der Waals surface area contributed by atoms with E-state index in [0.29, 0.717) is 35.6 Å². The molecule has 8 rings (SSSR count). The maximum atomic E-state index is 15.3. The van der Waals surface area contributed by atoms with Crippen molar-refractivity contribution in [3.05, 3.63) is 52.9 Å². The van der Waals surface area contributed by atoms with E-state index in [1.807, 2.05) is 13.0 Å². The van der Waals surface area contributed by atoms with Crippen LogP contribution in [-0.2, 0) is 19.7 Å². The van der Waals surface area contributed by atoms with Gasteiger partial charge in [0.15, 0.2) is 5.82 Å². The van der Waals surface area contributed by atoms with Crippen molar-refractivity contribution in [1.82, 2.24) is 30.0 Å². The fourth-order valence-electron chi connectivity index (χ4n) is 11.8. The summed E-state index contributed by atoms with van der Waals surface area (Å²) < 4.78 is 25.9. The summed E-state index contributed by atoms with van der Waals surface area (Å²) in [6.45, 7) is 16.7. The average molecular weight is 721 g/mol. The predicted octanol–water partition coefficient (Wildman–Crippen LogP) is 4.22. The number of likely N-dealkylation sites (tertiary alicyclic amines) is 2.